The lowest BCUT2D eigenvalue weighted by molar-refractivity contribution is 0.479. The summed E-state index contributed by atoms with van der Waals surface area (Å²) < 4.78 is 6.04. The zero-order valence-corrected chi connectivity index (χ0v) is 11.2. The maximum atomic E-state index is 6.04. The molecular weight excluding hydrogens is 222 g/mol. The number of hydrogen-bond donors (Lipinski definition) is 1. The number of hydrogen-bond acceptors (Lipinski definition) is 2. The number of nitrogens with one attached hydrogen (secondary N) is 1. The second kappa shape index (κ2) is 3.77. The van der Waals surface area contributed by atoms with Crippen molar-refractivity contribution in [1.82, 2.24) is 0 Å². The van der Waals surface area contributed by atoms with Crippen molar-refractivity contribution in [3.63, 3.8) is 0 Å². The molecule has 1 aliphatic heterocycles. The molecule has 0 spiro atoms. The number of aryl methyl sites for hydroxylation is 4. The van der Waals surface area contributed by atoms with Crippen molar-refractivity contribution < 1.29 is 4.74 Å². The van der Waals surface area contributed by atoms with Crippen molar-refractivity contribution >= 4 is 11.4 Å². The Balaban J connectivity index is 2.18. The van der Waals surface area contributed by atoms with Crippen LogP contribution in [0, 0.1) is 27.7 Å². The molecule has 0 bridgehead atoms. The Hall–Kier alpha value is -1.96. The van der Waals surface area contributed by atoms with Gasteiger partial charge in [-0.2, -0.15) is 0 Å². The largest absolute Gasteiger partial charge is 0.453 e. The van der Waals surface area contributed by atoms with Crippen molar-refractivity contribution in [1.29, 1.82) is 0 Å². The third kappa shape index (κ3) is 1.65. The Morgan fingerprint density at radius 3 is 1.61 bits per heavy atom. The molecule has 2 aromatic carbocycles. The van der Waals surface area contributed by atoms with E-state index in [0.717, 1.165) is 22.9 Å². The van der Waals surface area contributed by atoms with Crippen LogP contribution in [0.4, 0.5) is 11.4 Å². The lowest BCUT2D eigenvalue weighted by atomic mass is 10.0. The molecule has 1 heterocycles. The van der Waals surface area contributed by atoms with Gasteiger partial charge in [-0.1, -0.05) is 12.1 Å². The van der Waals surface area contributed by atoms with Gasteiger partial charge >= 0.3 is 0 Å². The van der Waals surface area contributed by atoms with E-state index in [-0.39, 0.29) is 0 Å². The highest BCUT2D eigenvalue weighted by molar-refractivity contribution is 5.80. The minimum Gasteiger partial charge on any atom is -0.453 e. The summed E-state index contributed by atoms with van der Waals surface area (Å²) in [6.45, 7) is 8.40. The number of benzene rings is 2. The molecule has 0 saturated carbocycles. The van der Waals surface area contributed by atoms with E-state index in [0.29, 0.717) is 0 Å². The third-order valence-electron chi connectivity index (χ3n) is 3.36. The first-order valence-corrected chi connectivity index (χ1v) is 6.22. The second-order valence-corrected chi connectivity index (χ2v) is 5.14. The Morgan fingerprint density at radius 2 is 1.17 bits per heavy atom. The summed E-state index contributed by atoms with van der Waals surface area (Å²) in [5.74, 6) is 1.84. The molecule has 92 valence electrons. The Morgan fingerprint density at radius 1 is 0.722 bits per heavy atom. The van der Waals surface area contributed by atoms with Gasteiger partial charge in [0.05, 0.1) is 11.4 Å². The van der Waals surface area contributed by atoms with E-state index >= 15 is 0 Å². The first-order valence-electron chi connectivity index (χ1n) is 6.22. The first-order chi connectivity index (χ1) is 8.54. The summed E-state index contributed by atoms with van der Waals surface area (Å²) in [4.78, 5) is 0. The topological polar surface area (TPSA) is 21.3 Å². The lowest BCUT2D eigenvalue weighted by Gasteiger charge is -2.25. The van der Waals surface area contributed by atoms with Gasteiger partial charge in [0.2, 0.25) is 0 Å². The van der Waals surface area contributed by atoms with Crippen LogP contribution in [0.3, 0.4) is 0 Å². The maximum absolute atomic E-state index is 6.04. The molecular formula is C16H17NO. The van der Waals surface area contributed by atoms with Crippen molar-refractivity contribution in [3.8, 4) is 11.5 Å². The predicted molar refractivity (Wildman–Crippen MR) is 75.2 cm³/mol. The summed E-state index contributed by atoms with van der Waals surface area (Å²) in [7, 11) is 0. The van der Waals surface area contributed by atoms with E-state index in [2.05, 4.69) is 57.3 Å². The molecule has 0 atom stereocenters. The number of fused-ring (bicyclic) bond motifs is 2. The van der Waals surface area contributed by atoms with Gasteiger partial charge in [-0.25, -0.2) is 0 Å². The van der Waals surface area contributed by atoms with Gasteiger partial charge < -0.3 is 10.1 Å². The Bertz CT molecular complexity index is 589. The van der Waals surface area contributed by atoms with Crippen LogP contribution in [0.25, 0.3) is 0 Å². The van der Waals surface area contributed by atoms with Crippen molar-refractivity contribution in [2.24, 2.45) is 0 Å². The van der Waals surface area contributed by atoms with Crippen LogP contribution in [-0.2, 0) is 0 Å². The molecule has 0 saturated heterocycles. The molecule has 2 nitrogen and oxygen atoms in total. The number of rotatable bonds is 0. The molecule has 1 N–H and O–H groups in total. The molecule has 0 radical (unpaired) electrons. The average Bonchev–Trinajstić information content (AvgIpc) is 2.26. The minimum atomic E-state index is 0.921. The van der Waals surface area contributed by atoms with E-state index < -0.39 is 0 Å². The fourth-order valence-electron chi connectivity index (χ4n) is 2.58. The summed E-state index contributed by atoms with van der Waals surface area (Å²) in [5, 5.41) is 3.51. The van der Waals surface area contributed by atoms with E-state index in [1.165, 1.54) is 22.3 Å². The summed E-state index contributed by atoms with van der Waals surface area (Å²) in [5.41, 5.74) is 7.05. The molecule has 0 fully saturated rings. The SMILES string of the molecule is Cc1cc(C)c2c(c1)Oc1cc(C)cc(C)c1N2. The zero-order valence-electron chi connectivity index (χ0n) is 11.2. The predicted octanol–water partition coefficient (Wildman–Crippen LogP) is 4.77. The highest BCUT2D eigenvalue weighted by atomic mass is 16.5. The lowest BCUT2D eigenvalue weighted by Crippen LogP contribution is -2.06. The highest BCUT2D eigenvalue weighted by Gasteiger charge is 2.20. The van der Waals surface area contributed by atoms with Crippen molar-refractivity contribution in [2.75, 3.05) is 5.32 Å². The molecule has 2 heteroatoms. The van der Waals surface area contributed by atoms with Gasteiger partial charge in [0.15, 0.2) is 11.5 Å². The van der Waals surface area contributed by atoms with Crippen LogP contribution >= 0.6 is 0 Å². The van der Waals surface area contributed by atoms with E-state index in [4.69, 9.17) is 4.74 Å². The van der Waals surface area contributed by atoms with Gasteiger partial charge in [-0.15, -0.1) is 0 Å². The first kappa shape index (κ1) is 11.1. The summed E-state index contributed by atoms with van der Waals surface area (Å²) in [6.07, 6.45) is 0. The smallest absolute Gasteiger partial charge is 0.151 e. The monoisotopic (exact) mass is 239 g/mol. The van der Waals surface area contributed by atoms with Gasteiger partial charge in [0.25, 0.3) is 0 Å². The van der Waals surface area contributed by atoms with Crippen molar-refractivity contribution in [3.05, 3.63) is 46.5 Å². The van der Waals surface area contributed by atoms with Crippen LogP contribution in [0.1, 0.15) is 22.3 Å². The standard InChI is InChI=1S/C16H17NO/c1-9-5-11(3)15-13(7-9)18-14-8-10(2)6-12(4)16(14)17-15/h5-8,17H,1-4H3. The van der Waals surface area contributed by atoms with Gasteiger partial charge in [-0.3, -0.25) is 0 Å². The van der Waals surface area contributed by atoms with Crippen LogP contribution in [0.2, 0.25) is 0 Å². The van der Waals surface area contributed by atoms with Crippen LogP contribution in [0.15, 0.2) is 24.3 Å². The summed E-state index contributed by atoms with van der Waals surface area (Å²) >= 11 is 0. The highest BCUT2D eigenvalue weighted by Crippen LogP contribution is 2.45. The maximum Gasteiger partial charge on any atom is 0.151 e. The molecule has 2 aromatic rings. The van der Waals surface area contributed by atoms with Gasteiger partial charge in [-0.05, 0) is 62.1 Å². The Labute approximate surface area is 108 Å². The molecule has 0 aromatic heterocycles. The molecule has 18 heavy (non-hydrogen) atoms. The van der Waals surface area contributed by atoms with Gasteiger partial charge in [0.1, 0.15) is 0 Å². The van der Waals surface area contributed by atoms with Crippen molar-refractivity contribution in [2.45, 2.75) is 27.7 Å². The zero-order chi connectivity index (χ0) is 12.9. The number of ether oxygens (including phenoxy) is 1. The number of anilines is 2. The second-order valence-electron chi connectivity index (χ2n) is 5.14. The normalized spacial score (nSPS) is 12.2. The van der Waals surface area contributed by atoms with Gasteiger partial charge in [0, 0.05) is 0 Å². The Kier molecular flexibility index (Phi) is 2.34. The molecule has 3 rings (SSSR count). The third-order valence-corrected chi connectivity index (χ3v) is 3.36. The van der Waals surface area contributed by atoms with Crippen LogP contribution < -0.4 is 10.1 Å². The van der Waals surface area contributed by atoms with E-state index in [1.54, 1.807) is 0 Å². The molecule has 1 aliphatic rings. The fourth-order valence-corrected chi connectivity index (χ4v) is 2.58. The van der Waals surface area contributed by atoms with Crippen LogP contribution in [0.5, 0.6) is 11.5 Å². The molecule has 0 amide bonds. The summed E-state index contributed by atoms with van der Waals surface area (Å²) in [6, 6.07) is 8.50. The molecule has 0 unspecified atom stereocenters. The minimum absolute atomic E-state index is 0.921. The van der Waals surface area contributed by atoms with E-state index in [9.17, 15) is 0 Å². The quantitative estimate of drug-likeness (QED) is 0.610. The average molecular weight is 239 g/mol. The van der Waals surface area contributed by atoms with E-state index in [1.807, 2.05) is 0 Å². The van der Waals surface area contributed by atoms with Crippen LogP contribution in [-0.4, -0.2) is 0 Å². The fraction of sp³-hybridized carbons (Fsp3) is 0.250. The molecule has 0 aliphatic carbocycles.